The lowest BCUT2D eigenvalue weighted by atomic mass is 10.0. The van der Waals surface area contributed by atoms with Gasteiger partial charge in [-0.25, -0.2) is 0 Å². The summed E-state index contributed by atoms with van der Waals surface area (Å²) in [6, 6.07) is 8.90. The van der Waals surface area contributed by atoms with E-state index >= 15 is 0 Å². The summed E-state index contributed by atoms with van der Waals surface area (Å²) >= 11 is 7.76. The van der Waals surface area contributed by atoms with Gasteiger partial charge < -0.3 is 4.42 Å². The van der Waals surface area contributed by atoms with Gasteiger partial charge in [0.25, 0.3) is 0 Å². The molecule has 2 fully saturated rings. The minimum atomic E-state index is 0.147. The van der Waals surface area contributed by atoms with Gasteiger partial charge in [-0.05, 0) is 61.8 Å². The van der Waals surface area contributed by atoms with Crippen LogP contribution in [0.3, 0.4) is 0 Å². The summed E-state index contributed by atoms with van der Waals surface area (Å²) in [5.74, 6) is 2.74. The van der Waals surface area contributed by atoms with Crippen LogP contribution in [0.2, 0.25) is 4.34 Å². The van der Waals surface area contributed by atoms with Gasteiger partial charge in [0.15, 0.2) is 0 Å². The molecule has 1 N–H and O–H groups in total. The van der Waals surface area contributed by atoms with Crippen molar-refractivity contribution in [3.63, 3.8) is 0 Å². The second kappa shape index (κ2) is 5.21. The second-order valence-electron chi connectivity index (χ2n) is 5.96. The number of hydrogen-bond acceptors (Lipinski definition) is 3. The van der Waals surface area contributed by atoms with E-state index in [0.29, 0.717) is 6.04 Å². The predicted molar refractivity (Wildman–Crippen MR) is 82.3 cm³/mol. The molecule has 106 valence electrons. The Morgan fingerprint density at radius 3 is 2.40 bits per heavy atom. The van der Waals surface area contributed by atoms with E-state index in [1.54, 1.807) is 17.6 Å². The summed E-state index contributed by atoms with van der Waals surface area (Å²) < 4.78 is 6.50. The van der Waals surface area contributed by atoms with E-state index in [2.05, 4.69) is 17.4 Å². The van der Waals surface area contributed by atoms with Gasteiger partial charge in [-0.3, -0.25) is 5.32 Å². The van der Waals surface area contributed by atoms with Crippen molar-refractivity contribution >= 4 is 22.9 Å². The topological polar surface area (TPSA) is 25.2 Å². The Bertz CT molecular complexity index is 559. The Kier molecular flexibility index (Phi) is 3.37. The molecule has 0 spiro atoms. The minimum Gasteiger partial charge on any atom is -0.467 e. The van der Waals surface area contributed by atoms with Crippen LogP contribution in [0.5, 0.6) is 0 Å². The van der Waals surface area contributed by atoms with E-state index < -0.39 is 0 Å². The first-order valence-corrected chi connectivity index (χ1v) is 8.55. The van der Waals surface area contributed by atoms with Gasteiger partial charge >= 0.3 is 0 Å². The quantitative estimate of drug-likeness (QED) is 0.824. The first kappa shape index (κ1) is 12.9. The third kappa shape index (κ3) is 2.67. The van der Waals surface area contributed by atoms with Crippen LogP contribution >= 0.6 is 22.9 Å². The van der Waals surface area contributed by atoms with Crippen LogP contribution in [0, 0.1) is 11.8 Å². The summed E-state index contributed by atoms with van der Waals surface area (Å²) in [5, 5.41) is 3.87. The molecule has 2 saturated carbocycles. The highest BCUT2D eigenvalue weighted by atomic mass is 35.5. The lowest BCUT2D eigenvalue weighted by Gasteiger charge is -2.24. The molecule has 1 unspecified atom stereocenters. The maximum absolute atomic E-state index is 6.11. The monoisotopic (exact) mass is 307 g/mol. The summed E-state index contributed by atoms with van der Waals surface area (Å²) in [6.07, 6.45) is 7.27. The fraction of sp³-hybridized carbons (Fsp3) is 0.500. The number of thiophene rings is 1. The van der Waals surface area contributed by atoms with E-state index in [4.69, 9.17) is 16.0 Å². The summed E-state index contributed by atoms with van der Waals surface area (Å²) in [6.45, 7) is 0. The zero-order valence-electron chi connectivity index (χ0n) is 11.2. The maximum atomic E-state index is 6.11. The van der Waals surface area contributed by atoms with Crippen LogP contribution in [0.25, 0.3) is 0 Å². The molecule has 0 amide bonds. The van der Waals surface area contributed by atoms with Crippen LogP contribution in [0.15, 0.2) is 34.9 Å². The zero-order valence-corrected chi connectivity index (χ0v) is 12.8. The van der Waals surface area contributed by atoms with Crippen molar-refractivity contribution in [2.45, 2.75) is 37.8 Å². The van der Waals surface area contributed by atoms with Crippen molar-refractivity contribution in [3.05, 3.63) is 45.5 Å². The summed E-state index contributed by atoms with van der Waals surface area (Å²) in [7, 11) is 0. The van der Waals surface area contributed by atoms with Crippen LogP contribution in [-0.2, 0) is 0 Å². The van der Waals surface area contributed by atoms with Gasteiger partial charge in [0.05, 0.1) is 10.6 Å². The molecule has 2 heterocycles. The van der Waals surface area contributed by atoms with Gasteiger partial charge in [-0.1, -0.05) is 11.6 Å². The van der Waals surface area contributed by atoms with Crippen molar-refractivity contribution in [2.24, 2.45) is 11.8 Å². The van der Waals surface area contributed by atoms with Crippen molar-refractivity contribution in [1.29, 1.82) is 0 Å². The normalized spacial score (nSPS) is 20.5. The third-order valence-electron chi connectivity index (χ3n) is 4.33. The Balaban J connectivity index is 1.60. The van der Waals surface area contributed by atoms with Crippen molar-refractivity contribution in [2.75, 3.05) is 0 Å². The molecule has 0 aromatic carbocycles. The lowest BCUT2D eigenvalue weighted by Crippen LogP contribution is -2.36. The van der Waals surface area contributed by atoms with Gasteiger partial charge in [-0.15, -0.1) is 11.3 Å². The number of hydrogen-bond donors (Lipinski definition) is 1. The molecule has 2 aromatic rings. The van der Waals surface area contributed by atoms with Gasteiger partial charge in [0.1, 0.15) is 11.8 Å². The second-order valence-corrected chi connectivity index (χ2v) is 7.70. The Morgan fingerprint density at radius 1 is 1.15 bits per heavy atom. The highest BCUT2D eigenvalue weighted by molar-refractivity contribution is 7.16. The number of furan rings is 1. The van der Waals surface area contributed by atoms with E-state index in [-0.39, 0.29) is 6.04 Å². The Labute approximate surface area is 128 Å². The molecule has 2 aromatic heterocycles. The van der Waals surface area contributed by atoms with Crippen molar-refractivity contribution in [1.82, 2.24) is 5.32 Å². The first-order chi connectivity index (χ1) is 9.81. The molecule has 2 nitrogen and oxygen atoms in total. The molecule has 0 saturated heterocycles. The van der Waals surface area contributed by atoms with Crippen LogP contribution < -0.4 is 5.32 Å². The highest BCUT2D eigenvalue weighted by Gasteiger charge is 2.42. The molecule has 4 rings (SSSR count). The van der Waals surface area contributed by atoms with Crippen LogP contribution in [0.4, 0.5) is 0 Å². The maximum Gasteiger partial charge on any atom is 0.126 e. The average molecular weight is 308 g/mol. The van der Waals surface area contributed by atoms with Gasteiger partial charge in [0, 0.05) is 10.9 Å². The van der Waals surface area contributed by atoms with E-state index in [9.17, 15) is 0 Å². The van der Waals surface area contributed by atoms with Crippen LogP contribution in [0.1, 0.15) is 42.4 Å². The predicted octanol–water partition coefficient (Wildman–Crippen LogP) is 4.86. The molecule has 4 heteroatoms. The minimum absolute atomic E-state index is 0.147. The molecule has 0 radical (unpaired) electrons. The fourth-order valence-corrected chi connectivity index (χ4v) is 4.13. The molecular formula is C16H18ClNOS. The molecule has 2 aliphatic rings. The largest absolute Gasteiger partial charge is 0.467 e. The van der Waals surface area contributed by atoms with Crippen LogP contribution in [-0.4, -0.2) is 6.04 Å². The Morgan fingerprint density at radius 2 is 1.90 bits per heavy atom. The van der Waals surface area contributed by atoms with Crippen molar-refractivity contribution < 1.29 is 4.42 Å². The zero-order chi connectivity index (χ0) is 13.5. The fourth-order valence-electron chi connectivity index (χ4n) is 3.00. The van der Waals surface area contributed by atoms with Crippen molar-refractivity contribution in [3.8, 4) is 0 Å². The molecular weight excluding hydrogens is 290 g/mol. The summed E-state index contributed by atoms with van der Waals surface area (Å²) in [4.78, 5) is 1.25. The van der Waals surface area contributed by atoms with Gasteiger partial charge in [0.2, 0.25) is 0 Å². The number of halogens is 1. The Hall–Kier alpha value is -0.770. The molecule has 1 atom stereocenters. The first-order valence-electron chi connectivity index (χ1n) is 7.36. The van der Waals surface area contributed by atoms with E-state index in [1.165, 1.54) is 30.6 Å². The van der Waals surface area contributed by atoms with E-state index in [0.717, 1.165) is 21.9 Å². The number of nitrogens with one attached hydrogen (secondary N) is 1. The third-order valence-corrected chi connectivity index (χ3v) is 5.62. The lowest BCUT2D eigenvalue weighted by molar-refractivity contribution is 0.357. The number of rotatable bonds is 6. The molecule has 0 aliphatic heterocycles. The standard InChI is InChI=1S/C16H18ClNOS/c17-14-8-7-13(20-14)16(12-2-1-9-19-12)18-15(10-3-4-10)11-5-6-11/h1-2,7-11,15-16,18H,3-6H2. The summed E-state index contributed by atoms with van der Waals surface area (Å²) in [5.41, 5.74) is 0. The molecule has 20 heavy (non-hydrogen) atoms. The van der Waals surface area contributed by atoms with E-state index in [1.807, 2.05) is 12.1 Å². The SMILES string of the molecule is Clc1ccc(C(NC(C2CC2)C2CC2)c2ccco2)s1. The smallest absolute Gasteiger partial charge is 0.126 e. The molecule has 0 bridgehead atoms. The molecule has 2 aliphatic carbocycles. The highest BCUT2D eigenvalue weighted by Crippen LogP contribution is 2.46. The average Bonchev–Trinajstić information content (AvgIpc) is 3.36. The van der Waals surface area contributed by atoms with Gasteiger partial charge in [-0.2, -0.15) is 0 Å².